The quantitative estimate of drug-likeness (QED) is 0.568. The molecule has 0 atom stereocenters. The molecule has 0 bridgehead atoms. The van der Waals surface area contributed by atoms with Gasteiger partial charge in [0.25, 0.3) is 0 Å². The van der Waals surface area contributed by atoms with Gasteiger partial charge in [-0.05, 0) is 24.3 Å². The molecule has 0 unspecified atom stereocenters. The lowest BCUT2D eigenvalue weighted by Gasteiger charge is -2.29. The zero-order chi connectivity index (χ0) is 19.9. The lowest BCUT2D eigenvalue weighted by molar-refractivity contribution is -0.119. The number of carbonyl (C=O) groups excluding carboxylic acids is 1. The van der Waals surface area contributed by atoms with Crippen molar-refractivity contribution >= 4 is 32.6 Å². The van der Waals surface area contributed by atoms with Gasteiger partial charge in [-0.1, -0.05) is 41.7 Å². The fraction of sp³-hybridized carbons (Fsp3) is 0.364. The number of rotatable bonds is 8. The lowest BCUT2D eigenvalue weighted by Crippen LogP contribution is -2.43. The van der Waals surface area contributed by atoms with Gasteiger partial charge in [-0.15, -0.1) is 0 Å². The van der Waals surface area contributed by atoms with Crippen molar-refractivity contribution in [1.29, 1.82) is 0 Å². The van der Waals surface area contributed by atoms with E-state index >= 15 is 0 Å². The number of benzene rings is 2. The third-order valence-electron chi connectivity index (χ3n) is 4.89. The van der Waals surface area contributed by atoms with E-state index in [2.05, 4.69) is 4.90 Å². The number of aromatic nitrogens is 1. The molecule has 0 saturated carbocycles. The zero-order valence-electron chi connectivity index (χ0n) is 16.3. The number of amides is 1. The van der Waals surface area contributed by atoms with Crippen molar-refractivity contribution < 1.29 is 14.3 Å². The molecule has 29 heavy (non-hydrogen) atoms. The molecule has 0 spiro atoms. The summed E-state index contributed by atoms with van der Waals surface area (Å²) in [6, 6.07) is 17.6. The van der Waals surface area contributed by atoms with E-state index in [9.17, 15) is 4.79 Å². The first-order chi connectivity index (χ1) is 14.3. The Bertz CT molecular complexity index is 892. The van der Waals surface area contributed by atoms with E-state index in [0.29, 0.717) is 19.6 Å². The third-order valence-corrected chi connectivity index (χ3v) is 5.95. The maximum absolute atomic E-state index is 13.1. The predicted molar refractivity (Wildman–Crippen MR) is 116 cm³/mol. The molecule has 3 aromatic rings. The van der Waals surface area contributed by atoms with Crippen molar-refractivity contribution in [2.45, 2.75) is 6.42 Å². The molecule has 1 saturated heterocycles. The monoisotopic (exact) mass is 411 g/mol. The molecule has 0 N–H and O–H groups in total. The van der Waals surface area contributed by atoms with Gasteiger partial charge in [-0.2, -0.15) is 0 Å². The van der Waals surface area contributed by atoms with Crippen LogP contribution in [-0.4, -0.2) is 61.8 Å². The van der Waals surface area contributed by atoms with Crippen molar-refractivity contribution in [3.63, 3.8) is 0 Å². The topological polar surface area (TPSA) is 54.9 Å². The highest BCUT2D eigenvalue weighted by Crippen LogP contribution is 2.29. The predicted octanol–water partition coefficient (Wildman–Crippen LogP) is 3.43. The lowest BCUT2D eigenvalue weighted by atomic mass is 10.3. The number of carbonyl (C=O) groups is 1. The molecule has 4 rings (SSSR count). The number of fused-ring (bicyclic) bond motifs is 1. The van der Waals surface area contributed by atoms with Crippen LogP contribution in [0.15, 0.2) is 54.6 Å². The molecular weight excluding hydrogens is 386 g/mol. The van der Waals surface area contributed by atoms with Crippen molar-refractivity contribution in [3.8, 4) is 5.75 Å². The average molecular weight is 412 g/mol. The fourth-order valence-corrected chi connectivity index (χ4v) is 4.29. The van der Waals surface area contributed by atoms with E-state index < -0.39 is 0 Å². The van der Waals surface area contributed by atoms with E-state index in [0.717, 1.165) is 53.9 Å². The number of anilines is 1. The van der Waals surface area contributed by atoms with Crippen LogP contribution in [0, 0.1) is 0 Å². The summed E-state index contributed by atoms with van der Waals surface area (Å²) in [6.45, 7) is 5.08. The molecule has 2 aromatic carbocycles. The van der Waals surface area contributed by atoms with Gasteiger partial charge >= 0.3 is 0 Å². The van der Waals surface area contributed by atoms with E-state index in [1.165, 1.54) is 0 Å². The minimum atomic E-state index is 0.0354. The highest BCUT2D eigenvalue weighted by Gasteiger charge is 2.21. The Hall–Kier alpha value is -2.48. The number of hydrogen-bond donors (Lipinski definition) is 0. The highest BCUT2D eigenvalue weighted by atomic mass is 32.1. The third kappa shape index (κ3) is 5.32. The van der Waals surface area contributed by atoms with E-state index in [1.807, 2.05) is 59.5 Å². The van der Waals surface area contributed by atoms with Crippen LogP contribution in [0.1, 0.15) is 6.42 Å². The van der Waals surface area contributed by atoms with Gasteiger partial charge in [-0.3, -0.25) is 14.6 Å². The second kappa shape index (κ2) is 9.82. The summed E-state index contributed by atoms with van der Waals surface area (Å²) in [7, 11) is 0. The molecule has 1 aromatic heterocycles. The standard InChI is InChI=1S/C22H25N3O3S/c26-21(10-15-28-18-6-2-1-3-7-18)25(12-11-24-13-16-27-17-14-24)22-23-19-8-4-5-9-20(19)29-22/h1-9H,10-17H2. The SMILES string of the molecule is O=C(CCOc1ccccc1)N(CCN1CCOCC1)c1nc2ccccc2s1. The zero-order valence-corrected chi connectivity index (χ0v) is 17.1. The number of hydrogen-bond acceptors (Lipinski definition) is 6. The summed E-state index contributed by atoms with van der Waals surface area (Å²) in [4.78, 5) is 21.9. The Balaban J connectivity index is 1.43. The van der Waals surface area contributed by atoms with E-state index in [-0.39, 0.29) is 5.91 Å². The first-order valence-electron chi connectivity index (χ1n) is 9.93. The number of morpholine rings is 1. The van der Waals surface area contributed by atoms with E-state index in [1.54, 1.807) is 11.3 Å². The minimum absolute atomic E-state index is 0.0354. The molecule has 0 aliphatic carbocycles. The number of para-hydroxylation sites is 2. The van der Waals surface area contributed by atoms with Gasteiger partial charge in [0.05, 0.1) is 36.5 Å². The Morgan fingerprint density at radius 1 is 1.10 bits per heavy atom. The summed E-state index contributed by atoms with van der Waals surface area (Å²) in [6.07, 6.45) is 0.313. The smallest absolute Gasteiger partial charge is 0.232 e. The van der Waals surface area contributed by atoms with Crippen LogP contribution in [0.5, 0.6) is 5.75 Å². The normalized spacial score (nSPS) is 14.8. The van der Waals surface area contributed by atoms with Crippen LogP contribution in [-0.2, 0) is 9.53 Å². The number of nitrogens with zero attached hydrogens (tertiary/aromatic N) is 3. The maximum atomic E-state index is 13.1. The molecule has 152 valence electrons. The van der Waals surface area contributed by atoms with Crippen molar-refractivity contribution in [2.75, 3.05) is 50.9 Å². The van der Waals surface area contributed by atoms with Crippen molar-refractivity contribution in [3.05, 3.63) is 54.6 Å². The van der Waals surface area contributed by atoms with Crippen LogP contribution in [0.25, 0.3) is 10.2 Å². The minimum Gasteiger partial charge on any atom is -0.493 e. The molecule has 1 aliphatic heterocycles. The van der Waals surface area contributed by atoms with Crippen LogP contribution in [0.3, 0.4) is 0 Å². The molecule has 0 radical (unpaired) electrons. The van der Waals surface area contributed by atoms with Gasteiger partial charge in [0.2, 0.25) is 5.91 Å². The summed E-state index contributed by atoms with van der Waals surface area (Å²) in [5.74, 6) is 0.813. The van der Waals surface area contributed by atoms with Gasteiger partial charge < -0.3 is 9.47 Å². The highest BCUT2D eigenvalue weighted by molar-refractivity contribution is 7.22. The molecular formula is C22H25N3O3S. The number of ether oxygens (including phenoxy) is 2. The Morgan fingerprint density at radius 3 is 2.66 bits per heavy atom. The van der Waals surface area contributed by atoms with Crippen LogP contribution >= 0.6 is 11.3 Å². The van der Waals surface area contributed by atoms with Gasteiger partial charge in [0.1, 0.15) is 5.75 Å². The van der Waals surface area contributed by atoms with Crippen LogP contribution in [0.4, 0.5) is 5.13 Å². The van der Waals surface area contributed by atoms with E-state index in [4.69, 9.17) is 14.5 Å². The van der Waals surface area contributed by atoms with Crippen molar-refractivity contribution in [1.82, 2.24) is 9.88 Å². The summed E-state index contributed by atoms with van der Waals surface area (Å²) < 4.78 is 12.2. The molecule has 1 fully saturated rings. The fourth-order valence-electron chi connectivity index (χ4n) is 3.28. The Kier molecular flexibility index (Phi) is 6.71. The van der Waals surface area contributed by atoms with Gasteiger partial charge in [0.15, 0.2) is 5.13 Å². The largest absolute Gasteiger partial charge is 0.493 e. The average Bonchev–Trinajstić information content (AvgIpc) is 3.19. The van der Waals surface area contributed by atoms with Crippen LogP contribution < -0.4 is 9.64 Å². The number of thiazole rings is 1. The second-order valence-electron chi connectivity index (χ2n) is 6.88. The maximum Gasteiger partial charge on any atom is 0.232 e. The summed E-state index contributed by atoms with van der Waals surface area (Å²) >= 11 is 1.56. The molecule has 2 heterocycles. The first kappa shape index (κ1) is 19.8. The Morgan fingerprint density at radius 2 is 1.86 bits per heavy atom. The molecule has 1 amide bonds. The van der Waals surface area contributed by atoms with Crippen LogP contribution in [0.2, 0.25) is 0 Å². The summed E-state index contributed by atoms with van der Waals surface area (Å²) in [5, 5.41) is 0.754. The molecule has 7 heteroatoms. The Labute approximate surface area is 174 Å². The second-order valence-corrected chi connectivity index (χ2v) is 7.88. The summed E-state index contributed by atoms with van der Waals surface area (Å²) in [5.41, 5.74) is 0.928. The molecule has 1 aliphatic rings. The van der Waals surface area contributed by atoms with Gasteiger partial charge in [-0.25, -0.2) is 4.98 Å². The molecule has 6 nitrogen and oxygen atoms in total. The first-order valence-corrected chi connectivity index (χ1v) is 10.7. The van der Waals surface area contributed by atoms with Crippen molar-refractivity contribution in [2.24, 2.45) is 0 Å². The van der Waals surface area contributed by atoms with Gasteiger partial charge in [0, 0.05) is 26.2 Å².